The molecular formula is C17H14N2O2. The van der Waals surface area contributed by atoms with E-state index in [9.17, 15) is 4.79 Å². The molecule has 0 radical (unpaired) electrons. The molecule has 3 aromatic rings. The number of pyridine rings is 1. The maximum absolute atomic E-state index is 12.7. The minimum absolute atomic E-state index is 0.0596. The van der Waals surface area contributed by atoms with Gasteiger partial charge in [0.1, 0.15) is 11.3 Å². The second-order valence-corrected chi connectivity index (χ2v) is 4.67. The number of carbonyl (C=O) groups is 1. The number of anilines is 1. The maximum atomic E-state index is 12.7. The quantitative estimate of drug-likeness (QED) is 0.590. The SMILES string of the molecule is COc1ccc(C(=O)c2ccc(N)cc2)c2cccnc12. The van der Waals surface area contributed by atoms with Crippen LogP contribution in [0, 0.1) is 0 Å². The third kappa shape index (κ3) is 2.31. The summed E-state index contributed by atoms with van der Waals surface area (Å²) in [4.78, 5) is 17.0. The predicted octanol–water partition coefficient (Wildman–Crippen LogP) is 3.06. The van der Waals surface area contributed by atoms with Crippen molar-refractivity contribution in [3.05, 3.63) is 65.9 Å². The number of rotatable bonds is 3. The summed E-state index contributed by atoms with van der Waals surface area (Å²) < 4.78 is 5.29. The first-order chi connectivity index (χ1) is 10.2. The first-order valence-corrected chi connectivity index (χ1v) is 6.52. The van der Waals surface area contributed by atoms with E-state index in [1.165, 1.54) is 0 Å². The number of nitrogens with two attached hydrogens (primary N) is 1. The fourth-order valence-electron chi connectivity index (χ4n) is 2.30. The van der Waals surface area contributed by atoms with Gasteiger partial charge < -0.3 is 10.5 Å². The van der Waals surface area contributed by atoms with Crippen LogP contribution in [0.4, 0.5) is 5.69 Å². The van der Waals surface area contributed by atoms with Crippen LogP contribution in [0.25, 0.3) is 10.9 Å². The molecule has 4 heteroatoms. The van der Waals surface area contributed by atoms with Gasteiger partial charge in [0.2, 0.25) is 0 Å². The molecule has 1 heterocycles. The van der Waals surface area contributed by atoms with Gasteiger partial charge in [-0.1, -0.05) is 6.07 Å². The average Bonchev–Trinajstić information content (AvgIpc) is 2.54. The highest BCUT2D eigenvalue weighted by molar-refractivity contribution is 6.16. The Kier molecular flexibility index (Phi) is 3.28. The van der Waals surface area contributed by atoms with E-state index in [-0.39, 0.29) is 5.78 Å². The third-order valence-electron chi connectivity index (χ3n) is 3.37. The Morgan fingerprint density at radius 1 is 1.10 bits per heavy atom. The van der Waals surface area contributed by atoms with Crippen molar-refractivity contribution >= 4 is 22.4 Å². The van der Waals surface area contributed by atoms with E-state index in [4.69, 9.17) is 10.5 Å². The fraction of sp³-hybridized carbons (Fsp3) is 0.0588. The van der Waals surface area contributed by atoms with Crippen LogP contribution in [-0.2, 0) is 0 Å². The van der Waals surface area contributed by atoms with Gasteiger partial charge in [0.05, 0.1) is 7.11 Å². The number of aromatic nitrogens is 1. The molecule has 3 rings (SSSR count). The van der Waals surface area contributed by atoms with Gasteiger partial charge in [0.15, 0.2) is 5.78 Å². The molecule has 0 amide bonds. The molecule has 0 atom stereocenters. The highest BCUT2D eigenvalue weighted by Crippen LogP contribution is 2.28. The van der Waals surface area contributed by atoms with E-state index >= 15 is 0 Å². The number of ether oxygens (including phenoxy) is 1. The molecule has 0 saturated heterocycles. The van der Waals surface area contributed by atoms with Crippen LogP contribution < -0.4 is 10.5 Å². The number of ketones is 1. The average molecular weight is 278 g/mol. The van der Waals surface area contributed by atoms with E-state index in [0.717, 1.165) is 5.39 Å². The van der Waals surface area contributed by atoms with E-state index in [0.29, 0.717) is 28.1 Å². The van der Waals surface area contributed by atoms with Crippen molar-refractivity contribution in [1.82, 2.24) is 4.98 Å². The van der Waals surface area contributed by atoms with Crippen LogP contribution in [-0.4, -0.2) is 17.9 Å². The Hall–Kier alpha value is -2.88. The van der Waals surface area contributed by atoms with Crippen molar-refractivity contribution in [3.63, 3.8) is 0 Å². The molecule has 0 unspecified atom stereocenters. The standard InChI is InChI=1S/C17H14N2O2/c1-21-15-9-8-14(13-3-2-10-19-16(13)15)17(20)11-4-6-12(18)7-5-11/h2-10H,18H2,1H3. The van der Waals surface area contributed by atoms with Crippen LogP contribution >= 0.6 is 0 Å². The smallest absolute Gasteiger partial charge is 0.193 e. The lowest BCUT2D eigenvalue weighted by molar-refractivity contribution is 0.104. The Morgan fingerprint density at radius 3 is 2.57 bits per heavy atom. The number of carbonyl (C=O) groups excluding carboxylic acids is 1. The molecule has 4 nitrogen and oxygen atoms in total. The number of fused-ring (bicyclic) bond motifs is 1. The summed E-state index contributed by atoms with van der Waals surface area (Å²) in [7, 11) is 1.59. The van der Waals surface area contributed by atoms with Gasteiger partial charge in [-0.2, -0.15) is 0 Å². The summed E-state index contributed by atoms with van der Waals surface area (Å²) in [6.45, 7) is 0. The number of hydrogen-bond acceptors (Lipinski definition) is 4. The summed E-state index contributed by atoms with van der Waals surface area (Å²) in [5, 5.41) is 0.777. The van der Waals surface area contributed by atoms with Crippen LogP contribution in [0.5, 0.6) is 5.75 Å². The monoisotopic (exact) mass is 278 g/mol. The summed E-state index contributed by atoms with van der Waals surface area (Å²) >= 11 is 0. The van der Waals surface area contributed by atoms with Crippen molar-refractivity contribution in [3.8, 4) is 5.75 Å². The number of nitrogen functional groups attached to an aromatic ring is 1. The Bertz CT molecular complexity index is 811. The minimum atomic E-state index is -0.0596. The maximum Gasteiger partial charge on any atom is 0.193 e. The molecule has 0 fully saturated rings. The molecule has 1 aromatic heterocycles. The van der Waals surface area contributed by atoms with Gasteiger partial charge in [-0.05, 0) is 42.5 Å². The molecule has 0 spiro atoms. The highest BCUT2D eigenvalue weighted by Gasteiger charge is 2.15. The number of methoxy groups -OCH3 is 1. The topological polar surface area (TPSA) is 65.2 Å². The highest BCUT2D eigenvalue weighted by atomic mass is 16.5. The molecular weight excluding hydrogens is 264 g/mol. The van der Waals surface area contributed by atoms with Gasteiger partial charge in [0, 0.05) is 28.4 Å². The van der Waals surface area contributed by atoms with Crippen LogP contribution in [0.1, 0.15) is 15.9 Å². The van der Waals surface area contributed by atoms with E-state index in [1.54, 1.807) is 49.7 Å². The van der Waals surface area contributed by atoms with Crippen molar-refractivity contribution < 1.29 is 9.53 Å². The van der Waals surface area contributed by atoms with Gasteiger partial charge >= 0.3 is 0 Å². The Morgan fingerprint density at radius 2 is 1.86 bits per heavy atom. The summed E-state index contributed by atoms with van der Waals surface area (Å²) in [5.41, 5.74) is 8.17. The lowest BCUT2D eigenvalue weighted by Gasteiger charge is -2.09. The van der Waals surface area contributed by atoms with Crippen molar-refractivity contribution in [1.29, 1.82) is 0 Å². The number of hydrogen-bond donors (Lipinski definition) is 1. The number of nitrogens with zero attached hydrogens (tertiary/aromatic N) is 1. The second kappa shape index (κ2) is 5.25. The van der Waals surface area contributed by atoms with Crippen LogP contribution in [0.2, 0.25) is 0 Å². The van der Waals surface area contributed by atoms with Gasteiger partial charge in [-0.3, -0.25) is 9.78 Å². The minimum Gasteiger partial charge on any atom is -0.494 e. The Labute approximate surface area is 122 Å². The van der Waals surface area contributed by atoms with Gasteiger partial charge in [-0.15, -0.1) is 0 Å². The molecule has 0 saturated carbocycles. The van der Waals surface area contributed by atoms with Crippen LogP contribution in [0.3, 0.4) is 0 Å². The third-order valence-corrected chi connectivity index (χ3v) is 3.37. The first-order valence-electron chi connectivity index (χ1n) is 6.52. The first kappa shape index (κ1) is 13.1. The zero-order valence-electron chi connectivity index (χ0n) is 11.5. The molecule has 2 aromatic carbocycles. The number of benzene rings is 2. The van der Waals surface area contributed by atoms with Crippen molar-refractivity contribution in [2.45, 2.75) is 0 Å². The summed E-state index contributed by atoms with van der Waals surface area (Å²) in [6.07, 6.45) is 1.68. The summed E-state index contributed by atoms with van der Waals surface area (Å²) in [6, 6.07) is 14.1. The molecule has 0 bridgehead atoms. The normalized spacial score (nSPS) is 10.5. The van der Waals surface area contributed by atoms with Gasteiger partial charge in [-0.25, -0.2) is 0 Å². The molecule has 0 aliphatic heterocycles. The molecule has 104 valence electrons. The second-order valence-electron chi connectivity index (χ2n) is 4.67. The predicted molar refractivity (Wildman–Crippen MR) is 82.6 cm³/mol. The van der Waals surface area contributed by atoms with E-state index in [2.05, 4.69) is 4.98 Å². The zero-order valence-corrected chi connectivity index (χ0v) is 11.5. The van der Waals surface area contributed by atoms with Gasteiger partial charge in [0.25, 0.3) is 0 Å². The largest absolute Gasteiger partial charge is 0.494 e. The zero-order chi connectivity index (χ0) is 14.8. The fourth-order valence-corrected chi connectivity index (χ4v) is 2.30. The Balaban J connectivity index is 2.16. The van der Waals surface area contributed by atoms with Crippen molar-refractivity contribution in [2.24, 2.45) is 0 Å². The lowest BCUT2D eigenvalue weighted by atomic mass is 9.98. The molecule has 0 aliphatic rings. The van der Waals surface area contributed by atoms with E-state index < -0.39 is 0 Å². The summed E-state index contributed by atoms with van der Waals surface area (Å²) in [5.74, 6) is 0.593. The molecule has 0 aliphatic carbocycles. The van der Waals surface area contributed by atoms with E-state index in [1.807, 2.05) is 12.1 Å². The lowest BCUT2D eigenvalue weighted by Crippen LogP contribution is -2.03. The molecule has 21 heavy (non-hydrogen) atoms. The van der Waals surface area contributed by atoms with Crippen LogP contribution in [0.15, 0.2) is 54.7 Å². The molecule has 2 N–H and O–H groups in total. The van der Waals surface area contributed by atoms with Crippen molar-refractivity contribution in [2.75, 3.05) is 12.8 Å².